The van der Waals surface area contributed by atoms with Crippen molar-refractivity contribution < 1.29 is 0 Å². The lowest BCUT2D eigenvalue weighted by Gasteiger charge is -2.28. The van der Waals surface area contributed by atoms with E-state index < -0.39 is 0 Å². The van der Waals surface area contributed by atoms with Crippen LogP contribution in [0.2, 0.25) is 5.02 Å². The highest BCUT2D eigenvalue weighted by atomic mass is 35.5. The zero-order chi connectivity index (χ0) is 16.1. The lowest BCUT2D eigenvalue weighted by molar-refractivity contribution is 0.572. The Labute approximate surface area is 142 Å². The molecule has 3 rings (SSSR count). The Morgan fingerprint density at radius 1 is 1.09 bits per heavy atom. The smallest absolute Gasteiger partial charge is 0.134 e. The van der Waals surface area contributed by atoms with E-state index in [1.807, 2.05) is 19.1 Å². The van der Waals surface area contributed by atoms with Crippen molar-refractivity contribution in [2.75, 3.05) is 29.9 Å². The Morgan fingerprint density at radius 3 is 2.57 bits per heavy atom. The molecule has 122 valence electrons. The van der Waals surface area contributed by atoms with E-state index in [1.165, 1.54) is 24.8 Å². The standard InChI is InChI=1S/C18H23ClN4/c1-14-21-17(13-18(22-14)23-11-3-2-4-12-23)20-10-9-15-5-7-16(19)8-6-15/h5-8,13H,2-4,9-12H2,1H3,(H,20,21,22). The summed E-state index contributed by atoms with van der Waals surface area (Å²) in [5.74, 6) is 2.78. The van der Waals surface area contributed by atoms with Crippen molar-refractivity contribution >= 4 is 23.2 Å². The molecule has 0 radical (unpaired) electrons. The van der Waals surface area contributed by atoms with Gasteiger partial charge in [0.1, 0.15) is 17.5 Å². The first-order valence-corrected chi connectivity index (χ1v) is 8.67. The van der Waals surface area contributed by atoms with Crippen molar-refractivity contribution in [1.82, 2.24) is 9.97 Å². The molecule has 1 aliphatic heterocycles. The average molecular weight is 331 g/mol. The zero-order valence-electron chi connectivity index (χ0n) is 13.6. The van der Waals surface area contributed by atoms with Crippen LogP contribution < -0.4 is 10.2 Å². The largest absolute Gasteiger partial charge is 0.370 e. The molecule has 2 heterocycles. The van der Waals surface area contributed by atoms with Crippen molar-refractivity contribution in [1.29, 1.82) is 0 Å². The minimum absolute atomic E-state index is 0.777. The summed E-state index contributed by atoms with van der Waals surface area (Å²) >= 11 is 5.91. The quantitative estimate of drug-likeness (QED) is 0.896. The molecule has 0 amide bonds. The molecule has 1 fully saturated rings. The fourth-order valence-electron chi connectivity index (χ4n) is 2.91. The number of anilines is 2. The monoisotopic (exact) mass is 330 g/mol. The minimum Gasteiger partial charge on any atom is -0.370 e. The Kier molecular flexibility index (Phi) is 5.34. The fourth-order valence-corrected chi connectivity index (χ4v) is 3.04. The third-order valence-corrected chi connectivity index (χ3v) is 4.39. The third kappa shape index (κ3) is 4.58. The van der Waals surface area contributed by atoms with Crippen molar-refractivity contribution in [2.24, 2.45) is 0 Å². The van der Waals surface area contributed by atoms with Gasteiger partial charge in [0, 0.05) is 30.7 Å². The van der Waals surface area contributed by atoms with Gasteiger partial charge < -0.3 is 10.2 Å². The highest BCUT2D eigenvalue weighted by Gasteiger charge is 2.13. The average Bonchev–Trinajstić information content (AvgIpc) is 2.57. The molecule has 0 aliphatic carbocycles. The molecule has 2 aromatic rings. The van der Waals surface area contributed by atoms with Crippen molar-refractivity contribution in [3.63, 3.8) is 0 Å². The van der Waals surface area contributed by atoms with Crippen molar-refractivity contribution in [3.8, 4) is 0 Å². The van der Waals surface area contributed by atoms with Gasteiger partial charge in [-0.15, -0.1) is 0 Å². The predicted molar refractivity (Wildman–Crippen MR) is 96.5 cm³/mol. The van der Waals surface area contributed by atoms with E-state index in [0.29, 0.717) is 0 Å². The summed E-state index contributed by atoms with van der Waals surface area (Å²) in [7, 11) is 0. The second-order valence-electron chi connectivity index (χ2n) is 6.01. The lowest BCUT2D eigenvalue weighted by Crippen LogP contribution is -2.30. The van der Waals surface area contributed by atoms with Crippen LogP contribution >= 0.6 is 11.6 Å². The van der Waals surface area contributed by atoms with Crippen LogP contribution in [0.1, 0.15) is 30.7 Å². The molecular formula is C18H23ClN4. The normalized spacial score (nSPS) is 14.8. The van der Waals surface area contributed by atoms with Gasteiger partial charge in [0.2, 0.25) is 0 Å². The number of piperidine rings is 1. The van der Waals surface area contributed by atoms with Gasteiger partial charge in [-0.25, -0.2) is 9.97 Å². The molecule has 1 aliphatic rings. The lowest BCUT2D eigenvalue weighted by atomic mass is 10.1. The van der Waals surface area contributed by atoms with Gasteiger partial charge in [-0.2, -0.15) is 0 Å². The van der Waals surface area contributed by atoms with Crippen LogP contribution in [0, 0.1) is 6.92 Å². The molecule has 23 heavy (non-hydrogen) atoms. The summed E-state index contributed by atoms with van der Waals surface area (Å²) in [4.78, 5) is 11.5. The molecule has 0 saturated carbocycles. The van der Waals surface area contributed by atoms with E-state index >= 15 is 0 Å². The third-order valence-electron chi connectivity index (χ3n) is 4.14. The molecule has 4 nitrogen and oxygen atoms in total. The zero-order valence-corrected chi connectivity index (χ0v) is 14.3. The number of aromatic nitrogens is 2. The van der Waals surface area contributed by atoms with E-state index in [2.05, 4.69) is 38.4 Å². The van der Waals surface area contributed by atoms with E-state index in [-0.39, 0.29) is 0 Å². The Bertz CT molecular complexity index is 636. The summed E-state index contributed by atoms with van der Waals surface area (Å²) in [5.41, 5.74) is 1.27. The van der Waals surface area contributed by atoms with Crippen LogP contribution in [-0.2, 0) is 6.42 Å². The van der Waals surface area contributed by atoms with Crippen LogP contribution in [0.25, 0.3) is 0 Å². The maximum atomic E-state index is 5.91. The number of hydrogen-bond acceptors (Lipinski definition) is 4. The number of benzene rings is 1. The highest BCUT2D eigenvalue weighted by molar-refractivity contribution is 6.30. The van der Waals surface area contributed by atoms with Crippen LogP contribution in [0.4, 0.5) is 11.6 Å². The van der Waals surface area contributed by atoms with Gasteiger partial charge in [-0.05, 0) is 50.3 Å². The summed E-state index contributed by atoms with van der Waals surface area (Å²) in [6.45, 7) is 5.00. The van der Waals surface area contributed by atoms with Crippen LogP contribution in [0.15, 0.2) is 30.3 Å². The molecule has 1 aromatic heterocycles. The van der Waals surface area contributed by atoms with E-state index in [0.717, 1.165) is 48.5 Å². The van der Waals surface area contributed by atoms with E-state index in [9.17, 15) is 0 Å². The van der Waals surface area contributed by atoms with Gasteiger partial charge in [0.05, 0.1) is 0 Å². The molecule has 5 heteroatoms. The van der Waals surface area contributed by atoms with Crippen LogP contribution in [-0.4, -0.2) is 29.6 Å². The first kappa shape index (κ1) is 16.1. The van der Waals surface area contributed by atoms with Gasteiger partial charge in [0.15, 0.2) is 0 Å². The first-order valence-electron chi connectivity index (χ1n) is 8.30. The second-order valence-corrected chi connectivity index (χ2v) is 6.45. The number of aryl methyl sites for hydroxylation is 1. The summed E-state index contributed by atoms with van der Waals surface area (Å²) in [5, 5.41) is 4.19. The molecule has 1 saturated heterocycles. The van der Waals surface area contributed by atoms with E-state index in [4.69, 9.17) is 11.6 Å². The molecule has 0 unspecified atom stereocenters. The van der Waals surface area contributed by atoms with Crippen molar-refractivity contribution in [2.45, 2.75) is 32.6 Å². The van der Waals surface area contributed by atoms with Gasteiger partial charge in [-0.3, -0.25) is 0 Å². The number of rotatable bonds is 5. The summed E-state index contributed by atoms with van der Waals surface area (Å²) < 4.78 is 0. The summed E-state index contributed by atoms with van der Waals surface area (Å²) in [6, 6.07) is 10.1. The number of nitrogens with one attached hydrogen (secondary N) is 1. The molecule has 0 bridgehead atoms. The number of halogens is 1. The maximum absolute atomic E-state index is 5.91. The van der Waals surface area contributed by atoms with Gasteiger partial charge in [-0.1, -0.05) is 23.7 Å². The van der Waals surface area contributed by atoms with Crippen LogP contribution in [0.5, 0.6) is 0 Å². The SMILES string of the molecule is Cc1nc(NCCc2ccc(Cl)cc2)cc(N2CCCCC2)n1. The summed E-state index contributed by atoms with van der Waals surface area (Å²) in [6.07, 6.45) is 4.77. The second kappa shape index (κ2) is 7.64. The Hall–Kier alpha value is -1.81. The van der Waals surface area contributed by atoms with Gasteiger partial charge in [0.25, 0.3) is 0 Å². The van der Waals surface area contributed by atoms with E-state index in [1.54, 1.807) is 0 Å². The van der Waals surface area contributed by atoms with Gasteiger partial charge >= 0.3 is 0 Å². The Morgan fingerprint density at radius 2 is 1.83 bits per heavy atom. The number of hydrogen-bond donors (Lipinski definition) is 1. The molecule has 0 atom stereocenters. The Balaban J connectivity index is 1.60. The molecule has 0 spiro atoms. The highest BCUT2D eigenvalue weighted by Crippen LogP contribution is 2.20. The first-order chi connectivity index (χ1) is 11.2. The molecule has 1 N–H and O–H groups in total. The predicted octanol–water partition coefficient (Wildman–Crippen LogP) is 4.08. The topological polar surface area (TPSA) is 41.1 Å². The van der Waals surface area contributed by atoms with Crippen LogP contribution in [0.3, 0.4) is 0 Å². The maximum Gasteiger partial charge on any atom is 0.134 e. The fraction of sp³-hybridized carbons (Fsp3) is 0.444. The minimum atomic E-state index is 0.777. The number of nitrogens with zero attached hydrogens (tertiary/aromatic N) is 3. The molecular weight excluding hydrogens is 308 g/mol. The van der Waals surface area contributed by atoms with Crippen molar-refractivity contribution in [3.05, 3.63) is 46.7 Å². The molecule has 1 aromatic carbocycles.